The van der Waals surface area contributed by atoms with E-state index in [1.165, 1.54) is 6.42 Å². The van der Waals surface area contributed by atoms with E-state index in [4.69, 9.17) is 21.1 Å². The van der Waals surface area contributed by atoms with Crippen LogP contribution in [-0.4, -0.2) is 19.3 Å². The average molecular weight is 348 g/mol. The Balaban J connectivity index is 2.05. The fraction of sp³-hybridized carbons (Fsp3) is 0.600. The van der Waals surface area contributed by atoms with Gasteiger partial charge >= 0.3 is 0 Å². The molecule has 1 saturated heterocycles. The van der Waals surface area contributed by atoms with Crippen LogP contribution in [0.5, 0.6) is 5.75 Å². The third kappa shape index (κ3) is 4.11. The highest BCUT2D eigenvalue weighted by molar-refractivity contribution is 9.10. The van der Waals surface area contributed by atoms with Gasteiger partial charge in [-0.3, -0.25) is 0 Å². The van der Waals surface area contributed by atoms with E-state index in [2.05, 4.69) is 22.9 Å². The Bertz CT molecular complexity index is 405. The van der Waals surface area contributed by atoms with Crippen LogP contribution < -0.4 is 4.74 Å². The van der Waals surface area contributed by atoms with Crippen LogP contribution in [0.3, 0.4) is 0 Å². The Hall–Kier alpha value is -0.250. The molecule has 1 aromatic rings. The van der Waals surface area contributed by atoms with Crippen molar-refractivity contribution in [1.82, 2.24) is 0 Å². The maximum Gasteiger partial charge on any atom is 0.133 e. The van der Waals surface area contributed by atoms with Crippen molar-refractivity contribution in [3.8, 4) is 5.75 Å². The lowest BCUT2D eigenvalue weighted by Gasteiger charge is -2.27. The summed E-state index contributed by atoms with van der Waals surface area (Å²) in [5, 5.41) is -0.0863. The number of rotatable bonds is 5. The Kier molecular flexibility index (Phi) is 5.99. The Labute approximate surface area is 128 Å². The SMILES string of the molecule is CCCOc1ccc(C(Cl)C2CCCCO2)cc1Br. The van der Waals surface area contributed by atoms with Crippen molar-refractivity contribution in [1.29, 1.82) is 0 Å². The number of ether oxygens (including phenoxy) is 2. The minimum absolute atomic E-state index is 0.0863. The average Bonchev–Trinajstić information content (AvgIpc) is 2.46. The predicted molar refractivity (Wildman–Crippen MR) is 82.1 cm³/mol. The molecule has 4 heteroatoms. The second-order valence-electron chi connectivity index (χ2n) is 4.85. The second kappa shape index (κ2) is 7.51. The largest absolute Gasteiger partial charge is 0.492 e. The van der Waals surface area contributed by atoms with Gasteiger partial charge in [0.1, 0.15) is 5.75 Å². The van der Waals surface area contributed by atoms with Crippen molar-refractivity contribution in [2.45, 2.75) is 44.1 Å². The fourth-order valence-corrected chi connectivity index (χ4v) is 3.07. The first kappa shape index (κ1) is 15.1. The number of halogens is 2. The predicted octanol–water partition coefficient (Wildman–Crippen LogP) is 5.09. The van der Waals surface area contributed by atoms with Crippen molar-refractivity contribution in [3.05, 3.63) is 28.2 Å². The lowest BCUT2D eigenvalue weighted by Crippen LogP contribution is -2.23. The minimum atomic E-state index is -0.0863. The number of hydrogen-bond donors (Lipinski definition) is 0. The quantitative estimate of drug-likeness (QED) is 0.691. The monoisotopic (exact) mass is 346 g/mol. The molecule has 0 bridgehead atoms. The van der Waals surface area contributed by atoms with Crippen molar-refractivity contribution in [3.63, 3.8) is 0 Å². The fourth-order valence-electron chi connectivity index (χ4n) is 2.23. The summed E-state index contributed by atoms with van der Waals surface area (Å²) in [6.07, 6.45) is 4.52. The molecule has 19 heavy (non-hydrogen) atoms. The Morgan fingerprint density at radius 2 is 2.32 bits per heavy atom. The van der Waals surface area contributed by atoms with Crippen LogP contribution in [0.25, 0.3) is 0 Å². The summed E-state index contributed by atoms with van der Waals surface area (Å²) in [4.78, 5) is 0. The van der Waals surface area contributed by atoms with Crippen LogP contribution >= 0.6 is 27.5 Å². The maximum atomic E-state index is 6.53. The van der Waals surface area contributed by atoms with E-state index in [-0.39, 0.29) is 11.5 Å². The smallest absolute Gasteiger partial charge is 0.133 e. The zero-order chi connectivity index (χ0) is 13.7. The molecule has 1 fully saturated rings. The van der Waals surface area contributed by atoms with Gasteiger partial charge in [0.2, 0.25) is 0 Å². The molecule has 2 unspecified atom stereocenters. The molecular formula is C15H20BrClO2. The second-order valence-corrected chi connectivity index (χ2v) is 6.17. The minimum Gasteiger partial charge on any atom is -0.492 e. The molecule has 2 nitrogen and oxygen atoms in total. The van der Waals surface area contributed by atoms with Crippen LogP contribution in [0, 0.1) is 0 Å². The van der Waals surface area contributed by atoms with Crippen LogP contribution in [0.1, 0.15) is 43.5 Å². The molecule has 0 saturated carbocycles. The van der Waals surface area contributed by atoms with E-state index < -0.39 is 0 Å². The molecule has 0 N–H and O–H groups in total. The molecule has 0 aliphatic carbocycles. The van der Waals surface area contributed by atoms with E-state index in [1.54, 1.807) is 0 Å². The normalized spacial score (nSPS) is 21.1. The Morgan fingerprint density at radius 3 is 2.95 bits per heavy atom. The van der Waals surface area contributed by atoms with Gasteiger partial charge in [0.05, 0.1) is 22.6 Å². The van der Waals surface area contributed by atoms with Crippen LogP contribution in [0.2, 0.25) is 0 Å². The summed E-state index contributed by atoms with van der Waals surface area (Å²) < 4.78 is 12.4. The van der Waals surface area contributed by atoms with Gasteiger partial charge < -0.3 is 9.47 Å². The lowest BCUT2D eigenvalue weighted by molar-refractivity contribution is 0.0135. The highest BCUT2D eigenvalue weighted by atomic mass is 79.9. The highest BCUT2D eigenvalue weighted by Crippen LogP contribution is 2.35. The molecule has 1 aliphatic heterocycles. The molecule has 0 amide bonds. The summed E-state index contributed by atoms with van der Waals surface area (Å²) in [5.41, 5.74) is 1.09. The molecule has 0 spiro atoms. The molecule has 2 rings (SSSR count). The molecule has 0 radical (unpaired) electrons. The summed E-state index contributed by atoms with van der Waals surface area (Å²) in [6.45, 7) is 3.65. The number of alkyl halides is 1. The lowest BCUT2D eigenvalue weighted by atomic mass is 10.0. The van der Waals surface area contributed by atoms with Gasteiger partial charge in [-0.15, -0.1) is 11.6 Å². The molecule has 1 aliphatic rings. The van der Waals surface area contributed by atoms with Crippen LogP contribution in [-0.2, 0) is 4.74 Å². The molecule has 106 valence electrons. The van der Waals surface area contributed by atoms with Crippen LogP contribution in [0.15, 0.2) is 22.7 Å². The molecule has 0 aromatic heterocycles. The highest BCUT2D eigenvalue weighted by Gasteiger charge is 2.24. The van der Waals surface area contributed by atoms with Crippen molar-refractivity contribution >= 4 is 27.5 Å². The van der Waals surface area contributed by atoms with E-state index in [0.717, 1.165) is 48.3 Å². The Morgan fingerprint density at radius 1 is 1.47 bits per heavy atom. The number of hydrogen-bond acceptors (Lipinski definition) is 2. The van der Waals surface area contributed by atoms with E-state index in [9.17, 15) is 0 Å². The molecular weight excluding hydrogens is 328 g/mol. The topological polar surface area (TPSA) is 18.5 Å². The van der Waals surface area contributed by atoms with Gasteiger partial charge in [0, 0.05) is 6.61 Å². The van der Waals surface area contributed by atoms with E-state index >= 15 is 0 Å². The van der Waals surface area contributed by atoms with E-state index in [1.807, 2.05) is 18.2 Å². The zero-order valence-corrected chi connectivity index (χ0v) is 13.5. The van der Waals surface area contributed by atoms with Crippen LogP contribution in [0.4, 0.5) is 0 Å². The molecule has 1 aromatic carbocycles. The summed E-state index contributed by atoms with van der Waals surface area (Å²) in [5.74, 6) is 0.874. The van der Waals surface area contributed by atoms with Gasteiger partial charge in [-0.2, -0.15) is 0 Å². The first-order chi connectivity index (χ1) is 9.22. The standard InChI is InChI=1S/C15H20BrClO2/c1-2-8-18-13-7-6-11(10-12(13)16)15(17)14-5-3-4-9-19-14/h6-7,10,14-15H,2-5,8-9H2,1H3. The van der Waals surface area contributed by atoms with E-state index in [0.29, 0.717) is 0 Å². The van der Waals surface area contributed by atoms with Gasteiger partial charge in [-0.25, -0.2) is 0 Å². The maximum absolute atomic E-state index is 6.53. The molecule has 2 atom stereocenters. The molecule has 1 heterocycles. The first-order valence-corrected chi connectivity index (χ1v) is 8.13. The van der Waals surface area contributed by atoms with Gasteiger partial charge in [-0.05, 0) is 59.3 Å². The third-order valence-electron chi connectivity index (χ3n) is 3.28. The van der Waals surface area contributed by atoms with Gasteiger partial charge in [-0.1, -0.05) is 13.0 Å². The summed E-state index contributed by atoms with van der Waals surface area (Å²) >= 11 is 10.1. The third-order valence-corrected chi connectivity index (χ3v) is 4.43. The summed E-state index contributed by atoms with van der Waals surface area (Å²) in [6, 6.07) is 6.05. The summed E-state index contributed by atoms with van der Waals surface area (Å²) in [7, 11) is 0. The van der Waals surface area contributed by atoms with Crippen molar-refractivity contribution < 1.29 is 9.47 Å². The first-order valence-electron chi connectivity index (χ1n) is 6.90. The van der Waals surface area contributed by atoms with Crippen molar-refractivity contribution in [2.75, 3.05) is 13.2 Å². The number of benzene rings is 1. The van der Waals surface area contributed by atoms with Crippen molar-refractivity contribution in [2.24, 2.45) is 0 Å². The zero-order valence-electron chi connectivity index (χ0n) is 11.2. The van der Waals surface area contributed by atoms with Gasteiger partial charge in [0.25, 0.3) is 0 Å². The van der Waals surface area contributed by atoms with Gasteiger partial charge in [0.15, 0.2) is 0 Å².